The Kier molecular flexibility index (Phi) is 5.35. The van der Waals surface area contributed by atoms with Crippen LogP contribution in [-0.2, 0) is 6.42 Å². The van der Waals surface area contributed by atoms with E-state index in [1.165, 1.54) is 9.75 Å². The highest BCUT2D eigenvalue weighted by Gasteiger charge is 2.07. The minimum absolute atomic E-state index is 0.337. The molecule has 2 aromatic rings. The molecular formula is C15H22N4S. The highest BCUT2D eigenvalue weighted by Crippen LogP contribution is 2.18. The summed E-state index contributed by atoms with van der Waals surface area (Å²) in [6, 6.07) is 4.70. The van der Waals surface area contributed by atoms with E-state index >= 15 is 0 Å². The molecule has 1 atom stereocenters. The van der Waals surface area contributed by atoms with Crippen LogP contribution >= 0.6 is 11.3 Å². The second kappa shape index (κ2) is 7.24. The quantitative estimate of drug-likeness (QED) is 0.816. The van der Waals surface area contributed by atoms with Crippen molar-refractivity contribution >= 4 is 23.0 Å². The molecule has 20 heavy (non-hydrogen) atoms. The smallest absolute Gasteiger partial charge is 0.147 e. The van der Waals surface area contributed by atoms with Crippen LogP contribution in [0.1, 0.15) is 30.0 Å². The van der Waals surface area contributed by atoms with E-state index < -0.39 is 0 Å². The Labute approximate surface area is 124 Å². The van der Waals surface area contributed by atoms with Gasteiger partial charge in [0.05, 0.1) is 12.4 Å². The summed E-state index contributed by atoms with van der Waals surface area (Å²) in [5.74, 6) is 1.66. The first-order chi connectivity index (χ1) is 9.67. The van der Waals surface area contributed by atoms with E-state index in [4.69, 9.17) is 0 Å². The first-order valence-corrected chi connectivity index (χ1v) is 7.86. The molecule has 5 heteroatoms. The molecule has 0 aliphatic carbocycles. The third kappa shape index (κ3) is 4.49. The summed E-state index contributed by atoms with van der Waals surface area (Å²) in [5.41, 5.74) is 0. The average Bonchev–Trinajstić information content (AvgIpc) is 2.82. The lowest BCUT2D eigenvalue weighted by molar-refractivity contribution is 0.793. The van der Waals surface area contributed by atoms with Gasteiger partial charge in [0.2, 0.25) is 0 Å². The second-order valence-corrected chi connectivity index (χ2v) is 6.35. The molecule has 0 amide bonds. The van der Waals surface area contributed by atoms with Crippen molar-refractivity contribution in [1.82, 2.24) is 9.97 Å². The molecule has 0 aliphatic heterocycles. The molecule has 2 heterocycles. The predicted molar refractivity (Wildman–Crippen MR) is 86.7 cm³/mol. The fourth-order valence-electron chi connectivity index (χ4n) is 1.97. The minimum Gasteiger partial charge on any atom is -0.369 e. The lowest BCUT2D eigenvalue weighted by Gasteiger charge is -2.14. The van der Waals surface area contributed by atoms with Gasteiger partial charge in [0.15, 0.2) is 0 Å². The van der Waals surface area contributed by atoms with Crippen molar-refractivity contribution in [3.63, 3.8) is 0 Å². The molecular weight excluding hydrogens is 268 g/mol. The van der Waals surface area contributed by atoms with Crippen molar-refractivity contribution < 1.29 is 0 Å². The van der Waals surface area contributed by atoms with Crippen LogP contribution in [0.4, 0.5) is 11.6 Å². The van der Waals surface area contributed by atoms with Crippen molar-refractivity contribution in [1.29, 1.82) is 0 Å². The van der Waals surface area contributed by atoms with Gasteiger partial charge in [-0.3, -0.25) is 4.98 Å². The third-order valence-electron chi connectivity index (χ3n) is 2.89. The number of hydrogen-bond donors (Lipinski definition) is 2. The molecule has 4 nitrogen and oxygen atoms in total. The summed E-state index contributed by atoms with van der Waals surface area (Å²) in [7, 11) is 0. The largest absolute Gasteiger partial charge is 0.369 e. The Morgan fingerprint density at radius 3 is 2.75 bits per heavy atom. The number of aryl methyl sites for hydroxylation is 1. The van der Waals surface area contributed by atoms with Gasteiger partial charge in [-0.2, -0.15) is 0 Å². The summed E-state index contributed by atoms with van der Waals surface area (Å²) >= 11 is 1.85. The maximum absolute atomic E-state index is 4.52. The zero-order valence-electron chi connectivity index (χ0n) is 12.3. The van der Waals surface area contributed by atoms with E-state index in [-0.39, 0.29) is 0 Å². The van der Waals surface area contributed by atoms with Crippen LogP contribution < -0.4 is 10.6 Å². The van der Waals surface area contributed by atoms with Gasteiger partial charge >= 0.3 is 0 Å². The molecule has 2 rings (SSSR count). The number of hydrogen-bond acceptors (Lipinski definition) is 5. The number of aromatic nitrogens is 2. The van der Waals surface area contributed by atoms with Crippen molar-refractivity contribution in [2.24, 2.45) is 0 Å². The number of nitrogens with zero attached hydrogens (tertiary/aromatic N) is 2. The minimum atomic E-state index is 0.337. The van der Waals surface area contributed by atoms with E-state index in [1.54, 1.807) is 12.4 Å². The van der Waals surface area contributed by atoms with Gasteiger partial charge in [-0.25, -0.2) is 4.98 Å². The van der Waals surface area contributed by atoms with Crippen molar-refractivity contribution in [3.8, 4) is 0 Å². The van der Waals surface area contributed by atoms with Crippen LogP contribution in [0, 0.1) is 6.92 Å². The molecule has 0 bridgehead atoms. The Hall–Kier alpha value is -1.62. The molecule has 0 fully saturated rings. The Morgan fingerprint density at radius 1 is 1.25 bits per heavy atom. The molecule has 1 unspecified atom stereocenters. The van der Waals surface area contributed by atoms with Gasteiger partial charge in [0.1, 0.15) is 11.6 Å². The summed E-state index contributed by atoms with van der Waals surface area (Å²) in [5, 5.41) is 6.66. The lowest BCUT2D eigenvalue weighted by atomic mass is 10.2. The average molecular weight is 290 g/mol. The zero-order valence-corrected chi connectivity index (χ0v) is 13.1. The van der Waals surface area contributed by atoms with E-state index in [1.807, 2.05) is 11.3 Å². The first kappa shape index (κ1) is 14.8. The van der Waals surface area contributed by atoms with Crippen LogP contribution in [0.3, 0.4) is 0 Å². The third-order valence-corrected chi connectivity index (χ3v) is 3.91. The topological polar surface area (TPSA) is 49.8 Å². The van der Waals surface area contributed by atoms with Gasteiger partial charge in [-0.05, 0) is 32.4 Å². The van der Waals surface area contributed by atoms with Crippen molar-refractivity contribution in [2.75, 3.05) is 17.2 Å². The molecule has 0 saturated heterocycles. The SMILES string of the molecule is CCCNc1cncc(NC(C)Cc2ccc(C)s2)n1. The second-order valence-electron chi connectivity index (χ2n) is 4.98. The maximum atomic E-state index is 4.52. The molecule has 108 valence electrons. The maximum Gasteiger partial charge on any atom is 0.147 e. The molecule has 0 saturated carbocycles. The Bertz CT molecular complexity index is 538. The Morgan fingerprint density at radius 2 is 2.05 bits per heavy atom. The van der Waals surface area contributed by atoms with Crippen LogP contribution in [0.5, 0.6) is 0 Å². The number of anilines is 2. The number of rotatable bonds is 7. The van der Waals surface area contributed by atoms with Gasteiger partial charge in [0, 0.05) is 28.8 Å². The van der Waals surface area contributed by atoms with Crippen LogP contribution in [0.2, 0.25) is 0 Å². The van der Waals surface area contributed by atoms with Gasteiger partial charge in [0.25, 0.3) is 0 Å². The molecule has 2 N–H and O–H groups in total. The van der Waals surface area contributed by atoms with Crippen LogP contribution in [-0.4, -0.2) is 22.6 Å². The predicted octanol–water partition coefficient (Wildman–Crippen LogP) is 3.71. The van der Waals surface area contributed by atoms with Crippen LogP contribution in [0.15, 0.2) is 24.5 Å². The van der Waals surface area contributed by atoms with E-state index in [0.717, 1.165) is 31.0 Å². The Balaban J connectivity index is 1.91. The van der Waals surface area contributed by atoms with Crippen LogP contribution in [0.25, 0.3) is 0 Å². The van der Waals surface area contributed by atoms with Gasteiger partial charge in [-0.15, -0.1) is 11.3 Å². The molecule has 0 aromatic carbocycles. The lowest BCUT2D eigenvalue weighted by Crippen LogP contribution is -2.18. The zero-order chi connectivity index (χ0) is 14.4. The van der Waals surface area contributed by atoms with E-state index in [9.17, 15) is 0 Å². The highest BCUT2D eigenvalue weighted by atomic mass is 32.1. The summed E-state index contributed by atoms with van der Waals surface area (Å²) in [6.07, 6.45) is 5.61. The van der Waals surface area contributed by atoms with Gasteiger partial charge in [-0.1, -0.05) is 6.92 Å². The highest BCUT2D eigenvalue weighted by molar-refractivity contribution is 7.11. The molecule has 0 radical (unpaired) electrons. The molecule has 0 aliphatic rings. The monoisotopic (exact) mass is 290 g/mol. The normalized spacial score (nSPS) is 12.2. The van der Waals surface area contributed by atoms with Crippen molar-refractivity contribution in [3.05, 3.63) is 34.3 Å². The number of nitrogens with one attached hydrogen (secondary N) is 2. The summed E-state index contributed by atoms with van der Waals surface area (Å²) in [6.45, 7) is 7.36. The summed E-state index contributed by atoms with van der Waals surface area (Å²) < 4.78 is 0. The fourth-order valence-corrected chi connectivity index (χ4v) is 2.99. The fraction of sp³-hybridized carbons (Fsp3) is 0.467. The summed E-state index contributed by atoms with van der Waals surface area (Å²) in [4.78, 5) is 11.5. The molecule has 2 aromatic heterocycles. The molecule has 0 spiro atoms. The standard InChI is InChI=1S/C15H22N4S/c1-4-7-17-14-9-16-10-15(19-14)18-11(2)8-13-6-5-12(3)20-13/h5-6,9-11H,4,7-8H2,1-3H3,(H2,17,18,19). The first-order valence-electron chi connectivity index (χ1n) is 7.05. The van der Waals surface area contributed by atoms with E-state index in [2.05, 4.69) is 53.5 Å². The van der Waals surface area contributed by atoms with Gasteiger partial charge < -0.3 is 10.6 Å². The van der Waals surface area contributed by atoms with E-state index in [0.29, 0.717) is 6.04 Å². The van der Waals surface area contributed by atoms with Crippen molar-refractivity contribution in [2.45, 2.75) is 39.7 Å². The number of thiophene rings is 1.